The van der Waals surface area contributed by atoms with Crippen LogP contribution in [0.1, 0.15) is 11.3 Å². The maximum Gasteiger partial charge on any atom is 0.255 e. The summed E-state index contributed by atoms with van der Waals surface area (Å²) in [6, 6.07) is 22.8. The lowest BCUT2D eigenvalue weighted by molar-refractivity contribution is 1.04. The van der Waals surface area contributed by atoms with Crippen molar-refractivity contribution in [2.75, 3.05) is 0 Å². The van der Waals surface area contributed by atoms with Crippen molar-refractivity contribution in [1.82, 2.24) is 14.5 Å². The first-order chi connectivity index (χ1) is 14.6. The molecule has 0 saturated carbocycles. The first kappa shape index (κ1) is 17.8. The first-order valence-electron chi connectivity index (χ1n) is 9.52. The summed E-state index contributed by atoms with van der Waals surface area (Å²) < 4.78 is 1.74. The Kier molecular flexibility index (Phi) is 4.11. The molecule has 0 radical (unpaired) electrons. The molecule has 5 nitrogen and oxygen atoms in total. The highest BCUT2D eigenvalue weighted by atomic mass is 16.1. The average Bonchev–Trinajstić information content (AvgIpc) is 2.78. The Morgan fingerprint density at radius 2 is 1.77 bits per heavy atom. The van der Waals surface area contributed by atoms with Crippen LogP contribution in [0, 0.1) is 18.3 Å². The molecular formula is C25H16N4O. The maximum absolute atomic E-state index is 12.9. The first-order valence-corrected chi connectivity index (χ1v) is 9.52. The van der Waals surface area contributed by atoms with Crippen LogP contribution in [0.4, 0.5) is 0 Å². The number of hydrogen-bond donors (Lipinski definition) is 0. The Morgan fingerprint density at radius 3 is 2.53 bits per heavy atom. The monoisotopic (exact) mass is 388 g/mol. The third kappa shape index (κ3) is 2.92. The van der Waals surface area contributed by atoms with E-state index in [1.165, 1.54) is 0 Å². The fourth-order valence-electron chi connectivity index (χ4n) is 3.75. The smallest absolute Gasteiger partial charge is 0.255 e. The van der Waals surface area contributed by atoms with Crippen LogP contribution < -0.4 is 5.56 Å². The lowest BCUT2D eigenvalue weighted by Gasteiger charge is -2.14. The van der Waals surface area contributed by atoms with Crippen LogP contribution in [0.3, 0.4) is 0 Å². The number of pyridine rings is 3. The molecule has 3 aromatic heterocycles. The zero-order chi connectivity index (χ0) is 20.7. The van der Waals surface area contributed by atoms with E-state index in [1.807, 2.05) is 67.6 Å². The molecule has 142 valence electrons. The van der Waals surface area contributed by atoms with Crippen molar-refractivity contribution < 1.29 is 0 Å². The van der Waals surface area contributed by atoms with Crippen molar-refractivity contribution in [2.24, 2.45) is 0 Å². The summed E-state index contributed by atoms with van der Waals surface area (Å²) in [7, 11) is 0. The van der Waals surface area contributed by atoms with Crippen molar-refractivity contribution in [3.05, 3.63) is 101 Å². The lowest BCUT2D eigenvalue weighted by atomic mass is 10.0. The maximum atomic E-state index is 12.9. The van der Waals surface area contributed by atoms with Gasteiger partial charge in [0, 0.05) is 40.5 Å². The highest BCUT2D eigenvalue weighted by Gasteiger charge is 2.12. The fourth-order valence-corrected chi connectivity index (χ4v) is 3.75. The van der Waals surface area contributed by atoms with Gasteiger partial charge in [0.25, 0.3) is 5.56 Å². The number of benzene rings is 2. The van der Waals surface area contributed by atoms with Crippen LogP contribution in [0.5, 0.6) is 0 Å². The summed E-state index contributed by atoms with van der Waals surface area (Å²) in [5.41, 5.74) is 5.66. The van der Waals surface area contributed by atoms with Gasteiger partial charge in [-0.15, -0.1) is 0 Å². The Labute approximate surface area is 172 Å². The van der Waals surface area contributed by atoms with Crippen LogP contribution in [0.25, 0.3) is 38.6 Å². The average molecular weight is 388 g/mol. The summed E-state index contributed by atoms with van der Waals surface area (Å²) in [5, 5.41) is 10.8. The second-order valence-corrected chi connectivity index (χ2v) is 7.18. The molecule has 0 aliphatic heterocycles. The highest BCUT2D eigenvalue weighted by molar-refractivity contribution is 6.05. The van der Waals surface area contributed by atoms with E-state index in [0.717, 1.165) is 44.2 Å². The number of hydrogen-bond acceptors (Lipinski definition) is 4. The predicted octanol–water partition coefficient (Wildman–Crippen LogP) is 4.78. The van der Waals surface area contributed by atoms with E-state index in [0.29, 0.717) is 5.69 Å². The Balaban J connectivity index is 1.84. The molecule has 0 unspecified atom stereocenters. The van der Waals surface area contributed by atoms with E-state index in [-0.39, 0.29) is 5.56 Å². The molecule has 0 fully saturated rings. The SMILES string of the molecule is Cc1cccc(-n2c(=O)ccc3cnc4ccc(-c5ccc(C#N)nc5)cc4c32)c1. The zero-order valence-electron chi connectivity index (χ0n) is 16.2. The molecular weight excluding hydrogens is 372 g/mol. The molecule has 0 bridgehead atoms. The number of nitriles is 1. The van der Waals surface area contributed by atoms with Crippen LogP contribution in [0.2, 0.25) is 0 Å². The van der Waals surface area contributed by atoms with Gasteiger partial charge in [-0.05, 0) is 60.5 Å². The van der Waals surface area contributed by atoms with Gasteiger partial charge in [0.2, 0.25) is 0 Å². The molecule has 0 saturated heterocycles. The summed E-state index contributed by atoms with van der Waals surface area (Å²) in [6.45, 7) is 2.01. The van der Waals surface area contributed by atoms with Gasteiger partial charge in [0.05, 0.1) is 11.0 Å². The van der Waals surface area contributed by atoms with E-state index >= 15 is 0 Å². The standard InChI is InChI=1S/C25H16N4O/c1-16-3-2-4-21(11-16)29-24(30)10-7-19-15-28-23-9-6-17(12-22(23)25(19)29)18-5-8-20(13-26)27-14-18/h2-12,14-15H,1H3. The summed E-state index contributed by atoms with van der Waals surface area (Å²) >= 11 is 0. The molecule has 2 aromatic carbocycles. The quantitative estimate of drug-likeness (QED) is 0.408. The Bertz CT molecular complexity index is 1530. The van der Waals surface area contributed by atoms with Gasteiger partial charge >= 0.3 is 0 Å². The molecule has 30 heavy (non-hydrogen) atoms. The van der Waals surface area contributed by atoms with E-state index in [9.17, 15) is 4.79 Å². The van der Waals surface area contributed by atoms with Crippen molar-refractivity contribution >= 4 is 21.8 Å². The second kappa shape index (κ2) is 6.94. The number of fused-ring (bicyclic) bond motifs is 3. The number of nitrogens with zero attached hydrogens (tertiary/aromatic N) is 4. The summed E-state index contributed by atoms with van der Waals surface area (Å²) in [6.07, 6.45) is 3.48. The molecule has 0 aliphatic rings. The van der Waals surface area contributed by atoms with Crippen LogP contribution >= 0.6 is 0 Å². The lowest BCUT2D eigenvalue weighted by Crippen LogP contribution is -2.17. The minimum atomic E-state index is -0.0916. The topological polar surface area (TPSA) is 71.6 Å². The molecule has 0 N–H and O–H groups in total. The molecule has 3 heterocycles. The highest BCUT2D eigenvalue weighted by Crippen LogP contribution is 2.29. The molecule has 5 rings (SSSR count). The Hall–Kier alpha value is -4.30. The second-order valence-electron chi connectivity index (χ2n) is 7.18. The van der Waals surface area contributed by atoms with Crippen LogP contribution in [-0.4, -0.2) is 14.5 Å². The predicted molar refractivity (Wildman–Crippen MR) is 118 cm³/mol. The summed E-state index contributed by atoms with van der Waals surface area (Å²) in [4.78, 5) is 21.7. The van der Waals surface area contributed by atoms with Gasteiger partial charge in [-0.1, -0.05) is 18.2 Å². The van der Waals surface area contributed by atoms with E-state index in [1.54, 1.807) is 29.1 Å². The molecule has 0 spiro atoms. The van der Waals surface area contributed by atoms with Gasteiger partial charge in [-0.25, -0.2) is 4.98 Å². The van der Waals surface area contributed by atoms with Gasteiger partial charge in [0.15, 0.2) is 0 Å². The van der Waals surface area contributed by atoms with Crippen molar-refractivity contribution in [1.29, 1.82) is 5.26 Å². The van der Waals surface area contributed by atoms with Gasteiger partial charge in [0.1, 0.15) is 11.8 Å². The van der Waals surface area contributed by atoms with Crippen molar-refractivity contribution in [3.63, 3.8) is 0 Å². The minimum Gasteiger partial charge on any atom is -0.276 e. The fraction of sp³-hybridized carbons (Fsp3) is 0.0400. The number of rotatable bonds is 2. The molecule has 5 aromatic rings. The molecule has 0 atom stereocenters. The third-order valence-electron chi connectivity index (χ3n) is 5.19. The molecule has 0 amide bonds. The van der Waals surface area contributed by atoms with E-state index < -0.39 is 0 Å². The number of aromatic nitrogens is 3. The van der Waals surface area contributed by atoms with Gasteiger partial charge in [-0.2, -0.15) is 5.26 Å². The minimum absolute atomic E-state index is 0.0916. The van der Waals surface area contributed by atoms with E-state index in [4.69, 9.17) is 5.26 Å². The largest absolute Gasteiger partial charge is 0.276 e. The number of aryl methyl sites for hydroxylation is 1. The van der Waals surface area contributed by atoms with Crippen LogP contribution in [0.15, 0.2) is 83.9 Å². The van der Waals surface area contributed by atoms with Gasteiger partial charge < -0.3 is 0 Å². The molecule has 5 heteroatoms. The van der Waals surface area contributed by atoms with Crippen molar-refractivity contribution in [2.45, 2.75) is 6.92 Å². The van der Waals surface area contributed by atoms with Gasteiger partial charge in [-0.3, -0.25) is 14.3 Å². The molecule has 0 aliphatic carbocycles. The zero-order valence-corrected chi connectivity index (χ0v) is 16.2. The van der Waals surface area contributed by atoms with Crippen LogP contribution in [-0.2, 0) is 0 Å². The summed E-state index contributed by atoms with van der Waals surface area (Å²) in [5.74, 6) is 0. The normalized spacial score (nSPS) is 10.9. The third-order valence-corrected chi connectivity index (χ3v) is 5.19. The Morgan fingerprint density at radius 1 is 0.900 bits per heavy atom. The van der Waals surface area contributed by atoms with E-state index in [2.05, 4.69) is 9.97 Å². The van der Waals surface area contributed by atoms with Crippen molar-refractivity contribution in [3.8, 4) is 22.9 Å².